The number of hydrogen-bond donors (Lipinski definition) is 0. The average Bonchev–Trinajstić information content (AvgIpc) is 2.84. The van der Waals surface area contributed by atoms with E-state index in [1.807, 2.05) is 25.2 Å². The number of benzene rings is 4. The van der Waals surface area contributed by atoms with Gasteiger partial charge in [-0.05, 0) is 68.8 Å². The van der Waals surface area contributed by atoms with Crippen molar-refractivity contribution in [3.63, 3.8) is 0 Å². The van der Waals surface area contributed by atoms with Crippen LogP contribution in [0.15, 0.2) is 110 Å². The molecule has 0 atom stereocenters. The molecule has 0 N–H and O–H groups in total. The van der Waals surface area contributed by atoms with Crippen LogP contribution in [0, 0.1) is 0 Å². The summed E-state index contributed by atoms with van der Waals surface area (Å²) in [4.78, 5) is 0. The molecule has 0 unspecified atom stereocenters. The summed E-state index contributed by atoms with van der Waals surface area (Å²) in [5.41, 5.74) is 7.15. The van der Waals surface area contributed by atoms with Crippen LogP contribution >= 0.6 is 0 Å². The van der Waals surface area contributed by atoms with Crippen LogP contribution in [0.2, 0.25) is 0 Å². The molecule has 4 rings (SSSR count). The predicted molar refractivity (Wildman–Crippen MR) is 145 cm³/mol. The van der Waals surface area contributed by atoms with Gasteiger partial charge < -0.3 is 0 Å². The average molecular weight is 413 g/mol. The third kappa shape index (κ3) is 3.65. The molecule has 156 valence electrons. The van der Waals surface area contributed by atoms with Gasteiger partial charge in [-0.25, -0.2) is 0 Å². The molecule has 0 bridgehead atoms. The number of allylic oxidation sites excluding steroid dienone is 6. The Labute approximate surface area is 191 Å². The monoisotopic (exact) mass is 412 g/mol. The molecule has 0 saturated carbocycles. The molecular formula is C32H28. The highest BCUT2D eigenvalue weighted by Gasteiger charge is 2.18. The van der Waals surface area contributed by atoms with Gasteiger partial charge in [-0.2, -0.15) is 0 Å². The molecule has 0 aliphatic heterocycles. The second-order valence-electron chi connectivity index (χ2n) is 7.71. The van der Waals surface area contributed by atoms with Gasteiger partial charge in [-0.15, -0.1) is 0 Å². The lowest BCUT2D eigenvalue weighted by atomic mass is 9.83. The summed E-state index contributed by atoms with van der Waals surface area (Å²) < 4.78 is 0. The largest absolute Gasteiger partial charge is 0.0984 e. The Hall–Kier alpha value is -3.90. The van der Waals surface area contributed by atoms with Crippen LogP contribution in [0.4, 0.5) is 0 Å². The zero-order chi connectivity index (χ0) is 22.5. The molecule has 0 heteroatoms. The van der Waals surface area contributed by atoms with Gasteiger partial charge in [-0.1, -0.05) is 122 Å². The zero-order valence-corrected chi connectivity index (χ0v) is 18.8. The van der Waals surface area contributed by atoms with Crippen LogP contribution in [0.3, 0.4) is 0 Å². The highest BCUT2D eigenvalue weighted by molar-refractivity contribution is 6.20. The van der Waals surface area contributed by atoms with Crippen molar-refractivity contribution in [3.8, 4) is 11.1 Å². The van der Waals surface area contributed by atoms with Crippen LogP contribution in [0.1, 0.15) is 30.5 Å². The summed E-state index contributed by atoms with van der Waals surface area (Å²) in [5.74, 6) is 0. The van der Waals surface area contributed by atoms with Crippen LogP contribution in [0.25, 0.3) is 50.4 Å². The van der Waals surface area contributed by atoms with E-state index in [1.54, 1.807) is 0 Å². The molecule has 0 aliphatic carbocycles. The van der Waals surface area contributed by atoms with Gasteiger partial charge in [-0.3, -0.25) is 0 Å². The summed E-state index contributed by atoms with van der Waals surface area (Å²) in [7, 11) is 0. The summed E-state index contributed by atoms with van der Waals surface area (Å²) in [6.45, 7) is 12.3. The molecule has 0 heterocycles. The molecular weight excluding hydrogens is 384 g/mol. The maximum Gasteiger partial charge on any atom is -0.00201 e. The lowest BCUT2D eigenvalue weighted by Crippen LogP contribution is -1.95. The smallest absolute Gasteiger partial charge is 0.00201 e. The second-order valence-corrected chi connectivity index (χ2v) is 7.71. The molecule has 0 spiro atoms. The molecule has 0 nitrogen and oxygen atoms in total. The van der Waals surface area contributed by atoms with Gasteiger partial charge in [0.1, 0.15) is 0 Å². The van der Waals surface area contributed by atoms with Crippen molar-refractivity contribution in [3.05, 3.63) is 127 Å². The molecule has 4 aromatic carbocycles. The molecule has 4 aromatic rings. The minimum atomic E-state index is 1.12. The number of fused-ring (bicyclic) bond motifs is 2. The Morgan fingerprint density at radius 3 is 1.88 bits per heavy atom. The Morgan fingerprint density at radius 2 is 1.34 bits per heavy atom. The Morgan fingerprint density at radius 1 is 0.719 bits per heavy atom. The molecule has 0 radical (unpaired) electrons. The standard InChI is InChI=1S/C32H28/c1-5-9-16-24(8-4)31-27-18-10-12-20-29(27)32(30-21-13-11-19-28(30)31)26-22-14-17-23(7-3)25(26)15-6-2/h5-22H,3-4H2,1-2H3/b9-5-,15-6-,24-16+. The zero-order valence-electron chi connectivity index (χ0n) is 18.8. The first kappa shape index (κ1) is 21.3. The molecule has 0 aromatic heterocycles. The van der Waals surface area contributed by atoms with E-state index >= 15 is 0 Å². The highest BCUT2D eigenvalue weighted by Crippen LogP contribution is 2.43. The second kappa shape index (κ2) is 9.49. The van der Waals surface area contributed by atoms with Crippen LogP contribution in [-0.4, -0.2) is 0 Å². The fourth-order valence-electron chi connectivity index (χ4n) is 4.51. The number of rotatable bonds is 6. The van der Waals surface area contributed by atoms with Crippen molar-refractivity contribution in [2.24, 2.45) is 0 Å². The SMILES string of the molecule is C=C/C(=C\C=C/C)c1c2ccccc2c(-c2cccc(C=C)c2/C=C\C)c2ccccc12. The van der Waals surface area contributed by atoms with Crippen LogP contribution < -0.4 is 0 Å². The fraction of sp³-hybridized carbons (Fsp3) is 0.0625. The summed E-state index contributed by atoms with van der Waals surface area (Å²) in [6, 6.07) is 23.9. The van der Waals surface area contributed by atoms with E-state index in [0.29, 0.717) is 0 Å². The Kier molecular flexibility index (Phi) is 6.33. The van der Waals surface area contributed by atoms with E-state index in [4.69, 9.17) is 0 Å². The fourth-order valence-corrected chi connectivity index (χ4v) is 4.51. The van der Waals surface area contributed by atoms with Crippen molar-refractivity contribution < 1.29 is 0 Å². The van der Waals surface area contributed by atoms with Gasteiger partial charge in [0.2, 0.25) is 0 Å². The van der Waals surface area contributed by atoms with Crippen molar-refractivity contribution in [2.45, 2.75) is 13.8 Å². The summed E-state index contributed by atoms with van der Waals surface area (Å²) in [5, 5.41) is 4.93. The lowest BCUT2D eigenvalue weighted by Gasteiger charge is -2.20. The molecule has 0 amide bonds. The Bertz CT molecular complexity index is 1350. The van der Waals surface area contributed by atoms with Gasteiger partial charge in [0, 0.05) is 0 Å². The minimum Gasteiger partial charge on any atom is -0.0984 e. The molecule has 0 aliphatic rings. The third-order valence-corrected chi connectivity index (χ3v) is 5.87. The van der Waals surface area contributed by atoms with Crippen molar-refractivity contribution in [1.29, 1.82) is 0 Å². The van der Waals surface area contributed by atoms with Gasteiger partial charge in [0.05, 0.1) is 0 Å². The predicted octanol–water partition coefficient (Wildman–Crippen LogP) is 9.48. The highest BCUT2D eigenvalue weighted by atomic mass is 14.2. The van der Waals surface area contributed by atoms with E-state index < -0.39 is 0 Å². The van der Waals surface area contributed by atoms with E-state index in [9.17, 15) is 0 Å². The van der Waals surface area contributed by atoms with E-state index in [0.717, 1.165) is 11.1 Å². The Balaban J connectivity index is 2.25. The third-order valence-electron chi connectivity index (χ3n) is 5.87. The molecule has 32 heavy (non-hydrogen) atoms. The van der Waals surface area contributed by atoms with Crippen molar-refractivity contribution in [2.75, 3.05) is 0 Å². The van der Waals surface area contributed by atoms with Crippen LogP contribution in [-0.2, 0) is 0 Å². The maximum atomic E-state index is 4.12. The van der Waals surface area contributed by atoms with Crippen molar-refractivity contribution >= 4 is 39.3 Å². The normalized spacial score (nSPS) is 12.2. The van der Waals surface area contributed by atoms with Crippen LogP contribution in [0.5, 0.6) is 0 Å². The first-order chi connectivity index (χ1) is 15.7. The summed E-state index contributed by atoms with van der Waals surface area (Å²) >= 11 is 0. The quantitative estimate of drug-likeness (QED) is 0.218. The van der Waals surface area contributed by atoms with E-state index in [2.05, 4.69) is 111 Å². The number of hydrogen-bond acceptors (Lipinski definition) is 0. The first-order valence-corrected chi connectivity index (χ1v) is 11.0. The minimum absolute atomic E-state index is 1.12. The summed E-state index contributed by atoms with van der Waals surface area (Å²) in [6.07, 6.45) is 14.4. The van der Waals surface area contributed by atoms with E-state index in [1.165, 1.54) is 43.8 Å². The van der Waals surface area contributed by atoms with Crippen molar-refractivity contribution in [1.82, 2.24) is 0 Å². The van der Waals surface area contributed by atoms with Gasteiger partial charge >= 0.3 is 0 Å². The first-order valence-electron chi connectivity index (χ1n) is 11.0. The van der Waals surface area contributed by atoms with Gasteiger partial charge in [0.15, 0.2) is 0 Å². The molecule has 0 fully saturated rings. The molecule has 0 saturated heterocycles. The van der Waals surface area contributed by atoms with E-state index in [-0.39, 0.29) is 0 Å². The topological polar surface area (TPSA) is 0 Å². The maximum absolute atomic E-state index is 4.12. The lowest BCUT2D eigenvalue weighted by molar-refractivity contribution is 1.59. The van der Waals surface area contributed by atoms with Gasteiger partial charge in [0.25, 0.3) is 0 Å².